The van der Waals surface area contributed by atoms with E-state index in [0.29, 0.717) is 11.3 Å². The molecule has 1 aromatic rings. The third-order valence-electron chi connectivity index (χ3n) is 2.91. The zero-order chi connectivity index (χ0) is 11.4. The van der Waals surface area contributed by atoms with Gasteiger partial charge in [-0.15, -0.1) is 0 Å². The summed E-state index contributed by atoms with van der Waals surface area (Å²) in [6.45, 7) is 2.09. The van der Waals surface area contributed by atoms with E-state index in [1.165, 1.54) is 19.3 Å². The first-order valence-corrected chi connectivity index (χ1v) is 6.06. The van der Waals surface area contributed by atoms with Crippen LogP contribution in [-0.4, -0.2) is 36.1 Å². The molecule has 0 spiro atoms. The zero-order valence-electron chi connectivity index (χ0n) is 9.49. The van der Waals surface area contributed by atoms with Gasteiger partial charge in [-0.2, -0.15) is 0 Å². The number of rotatable bonds is 3. The fourth-order valence-electron chi connectivity index (χ4n) is 2.04. The summed E-state index contributed by atoms with van der Waals surface area (Å²) in [4.78, 5) is 10.2. The maximum Gasteiger partial charge on any atom is 0.224 e. The van der Waals surface area contributed by atoms with Crippen molar-refractivity contribution in [3.63, 3.8) is 0 Å². The van der Waals surface area contributed by atoms with Gasteiger partial charge in [0.15, 0.2) is 0 Å². The molecule has 0 aliphatic carbocycles. The molecule has 1 aromatic heterocycles. The Labute approximate surface area is 101 Å². The highest BCUT2D eigenvalue weighted by Crippen LogP contribution is 2.13. The average molecular weight is 241 g/mol. The fraction of sp³-hybridized carbons (Fsp3) is 0.636. The van der Waals surface area contributed by atoms with E-state index in [4.69, 9.17) is 11.6 Å². The Hall–Kier alpha value is -0.870. The molecule has 0 aromatic carbocycles. The largest absolute Gasteiger partial charge is 0.358 e. The van der Waals surface area contributed by atoms with Gasteiger partial charge in [0, 0.05) is 25.8 Å². The van der Waals surface area contributed by atoms with Crippen LogP contribution in [0.2, 0.25) is 5.28 Å². The number of hydrogen-bond acceptors (Lipinski definition) is 4. The summed E-state index contributed by atoms with van der Waals surface area (Å²) in [6, 6.07) is 2.45. The summed E-state index contributed by atoms with van der Waals surface area (Å²) in [6.07, 6.45) is 5.54. The first-order valence-electron chi connectivity index (χ1n) is 5.69. The molecule has 1 fully saturated rings. The maximum absolute atomic E-state index is 5.77. The Morgan fingerprint density at radius 1 is 1.56 bits per heavy atom. The lowest BCUT2D eigenvalue weighted by Gasteiger charge is -2.28. The van der Waals surface area contributed by atoms with Crippen LogP contribution in [0.5, 0.6) is 0 Å². The van der Waals surface area contributed by atoms with Gasteiger partial charge in [-0.3, -0.25) is 0 Å². The Morgan fingerprint density at radius 3 is 3.12 bits per heavy atom. The number of aromatic nitrogens is 2. The van der Waals surface area contributed by atoms with E-state index in [1.807, 2.05) is 13.1 Å². The monoisotopic (exact) mass is 240 g/mol. The lowest BCUT2D eigenvalue weighted by atomic mass is 10.0. The molecule has 4 nitrogen and oxygen atoms in total. The van der Waals surface area contributed by atoms with E-state index < -0.39 is 0 Å². The van der Waals surface area contributed by atoms with Crippen LogP contribution in [0.25, 0.3) is 0 Å². The van der Waals surface area contributed by atoms with Crippen LogP contribution in [-0.2, 0) is 0 Å². The molecule has 5 heteroatoms. The lowest BCUT2D eigenvalue weighted by molar-refractivity contribution is 0.403. The zero-order valence-corrected chi connectivity index (χ0v) is 10.2. The van der Waals surface area contributed by atoms with Crippen molar-refractivity contribution in [3.8, 4) is 0 Å². The van der Waals surface area contributed by atoms with Crippen molar-refractivity contribution >= 4 is 17.4 Å². The standard InChI is InChI=1S/C11H17ClN4/c1-16(8-9-4-2-3-6-13-9)10-5-7-14-11(12)15-10/h5,7,9,13H,2-4,6,8H2,1H3. The molecule has 0 radical (unpaired) electrons. The van der Waals surface area contributed by atoms with Crippen LogP contribution in [0.3, 0.4) is 0 Å². The number of nitrogens with one attached hydrogen (secondary N) is 1. The van der Waals surface area contributed by atoms with Crippen molar-refractivity contribution in [2.24, 2.45) is 0 Å². The first-order chi connectivity index (χ1) is 7.75. The van der Waals surface area contributed by atoms with E-state index >= 15 is 0 Å². The molecule has 0 amide bonds. The van der Waals surface area contributed by atoms with Crippen molar-refractivity contribution in [3.05, 3.63) is 17.5 Å². The molecular formula is C11H17ClN4. The summed E-state index contributed by atoms with van der Waals surface area (Å²) >= 11 is 5.77. The average Bonchev–Trinajstić information content (AvgIpc) is 2.30. The molecule has 1 unspecified atom stereocenters. The summed E-state index contributed by atoms with van der Waals surface area (Å²) in [5.41, 5.74) is 0. The van der Waals surface area contributed by atoms with Crippen molar-refractivity contribution < 1.29 is 0 Å². The molecule has 1 atom stereocenters. The molecule has 88 valence electrons. The highest BCUT2D eigenvalue weighted by atomic mass is 35.5. The topological polar surface area (TPSA) is 41.0 Å². The second-order valence-corrected chi connectivity index (χ2v) is 4.55. The fourth-order valence-corrected chi connectivity index (χ4v) is 2.19. The molecule has 1 N–H and O–H groups in total. The van der Waals surface area contributed by atoms with Crippen molar-refractivity contribution in [2.75, 3.05) is 25.0 Å². The summed E-state index contributed by atoms with van der Waals surface area (Å²) in [5, 5.41) is 3.82. The van der Waals surface area contributed by atoms with E-state index in [1.54, 1.807) is 6.20 Å². The van der Waals surface area contributed by atoms with E-state index in [2.05, 4.69) is 20.2 Å². The smallest absolute Gasteiger partial charge is 0.224 e. The van der Waals surface area contributed by atoms with E-state index in [9.17, 15) is 0 Å². The molecule has 0 bridgehead atoms. The third-order valence-corrected chi connectivity index (χ3v) is 3.09. The Kier molecular flexibility index (Phi) is 3.96. The highest BCUT2D eigenvalue weighted by molar-refractivity contribution is 6.28. The molecule has 1 saturated heterocycles. The van der Waals surface area contributed by atoms with Crippen molar-refractivity contribution in [1.82, 2.24) is 15.3 Å². The molecule has 2 rings (SSSR count). The minimum Gasteiger partial charge on any atom is -0.358 e. The van der Waals surface area contributed by atoms with Crippen molar-refractivity contribution in [1.29, 1.82) is 0 Å². The number of anilines is 1. The molecule has 1 aliphatic rings. The number of nitrogens with zero attached hydrogens (tertiary/aromatic N) is 3. The number of likely N-dealkylation sites (N-methyl/N-ethyl adjacent to an activating group) is 1. The van der Waals surface area contributed by atoms with E-state index in [0.717, 1.165) is 18.9 Å². The normalized spacial score (nSPS) is 20.8. The van der Waals surface area contributed by atoms with Gasteiger partial charge in [-0.1, -0.05) is 6.42 Å². The van der Waals surface area contributed by atoms with Gasteiger partial charge in [-0.05, 0) is 37.1 Å². The highest BCUT2D eigenvalue weighted by Gasteiger charge is 2.15. The molecule has 1 aliphatic heterocycles. The van der Waals surface area contributed by atoms with Crippen LogP contribution < -0.4 is 10.2 Å². The van der Waals surface area contributed by atoms with E-state index in [-0.39, 0.29) is 0 Å². The second kappa shape index (κ2) is 5.46. The number of hydrogen-bond donors (Lipinski definition) is 1. The van der Waals surface area contributed by atoms with Crippen LogP contribution in [0, 0.1) is 0 Å². The Bertz CT molecular complexity index is 339. The van der Waals surface area contributed by atoms with Crippen LogP contribution in [0.1, 0.15) is 19.3 Å². The van der Waals surface area contributed by atoms with Gasteiger partial charge in [-0.25, -0.2) is 9.97 Å². The summed E-state index contributed by atoms with van der Waals surface area (Å²) in [7, 11) is 2.04. The predicted molar refractivity (Wildman–Crippen MR) is 66.0 cm³/mol. The first kappa shape index (κ1) is 11.6. The van der Waals surface area contributed by atoms with Crippen LogP contribution in [0.4, 0.5) is 5.82 Å². The van der Waals surface area contributed by atoms with Gasteiger partial charge in [0.2, 0.25) is 5.28 Å². The summed E-state index contributed by atoms with van der Waals surface area (Å²) in [5.74, 6) is 0.882. The SMILES string of the molecule is CN(CC1CCCCN1)c1ccnc(Cl)n1. The maximum atomic E-state index is 5.77. The number of piperidine rings is 1. The van der Waals surface area contributed by atoms with Gasteiger partial charge in [0.1, 0.15) is 5.82 Å². The van der Waals surface area contributed by atoms with Gasteiger partial charge in [0.05, 0.1) is 0 Å². The van der Waals surface area contributed by atoms with Gasteiger partial charge >= 0.3 is 0 Å². The molecule has 0 saturated carbocycles. The molecule has 2 heterocycles. The minimum atomic E-state index is 0.306. The second-order valence-electron chi connectivity index (χ2n) is 4.21. The van der Waals surface area contributed by atoms with Gasteiger partial charge < -0.3 is 10.2 Å². The van der Waals surface area contributed by atoms with Crippen LogP contribution in [0.15, 0.2) is 12.3 Å². The minimum absolute atomic E-state index is 0.306. The third kappa shape index (κ3) is 3.06. The molecular weight excluding hydrogens is 224 g/mol. The van der Waals surface area contributed by atoms with Gasteiger partial charge in [0.25, 0.3) is 0 Å². The quantitative estimate of drug-likeness (QED) is 0.817. The van der Waals surface area contributed by atoms with Crippen LogP contribution >= 0.6 is 11.6 Å². The predicted octanol–water partition coefficient (Wildman–Crippen LogP) is 1.71. The Balaban J connectivity index is 1.94. The Morgan fingerprint density at radius 2 is 2.44 bits per heavy atom. The summed E-state index contributed by atoms with van der Waals surface area (Å²) < 4.78 is 0. The lowest BCUT2D eigenvalue weighted by Crippen LogP contribution is -2.42. The molecule has 16 heavy (non-hydrogen) atoms. The van der Waals surface area contributed by atoms with Crippen molar-refractivity contribution in [2.45, 2.75) is 25.3 Å². The number of halogens is 1.